The third-order valence-corrected chi connectivity index (χ3v) is 14.0. The molecule has 2 nitrogen and oxygen atoms in total. The predicted octanol–water partition coefficient (Wildman–Crippen LogP) is 17.1. The van der Waals surface area contributed by atoms with E-state index in [9.17, 15) is 0 Å². The number of para-hydroxylation sites is 1. The summed E-state index contributed by atoms with van der Waals surface area (Å²) in [7, 11) is 0. The quantitative estimate of drug-likeness (QED) is 0.135. The number of nitrogens with zero attached hydrogens (tertiary/aromatic N) is 1. The van der Waals surface area contributed by atoms with E-state index in [1.165, 1.54) is 42.4 Å². The molecule has 0 aliphatic rings. The molecular formula is C61H41NOS. The molecule has 0 fully saturated rings. The van der Waals surface area contributed by atoms with Crippen LogP contribution in [0.3, 0.4) is 0 Å². The fourth-order valence-corrected chi connectivity index (χ4v) is 10.9. The van der Waals surface area contributed by atoms with Gasteiger partial charge in [0.05, 0.1) is 5.41 Å². The lowest BCUT2D eigenvalue weighted by atomic mass is 9.65. The highest BCUT2D eigenvalue weighted by molar-refractivity contribution is 7.25. The molecule has 12 aromatic rings. The van der Waals surface area contributed by atoms with Crippen molar-refractivity contribution in [3.8, 4) is 22.3 Å². The maximum absolute atomic E-state index is 6.15. The van der Waals surface area contributed by atoms with Gasteiger partial charge in [0.2, 0.25) is 0 Å². The average molecular weight is 836 g/mol. The summed E-state index contributed by atoms with van der Waals surface area (Å²) >= 11 is 1.85. The van der Waals surface area contributed by atoms with Crippen LogP contribution in [0.2, 0.25) is 0 Å². The van der Waals surface area contributed by atoms with Gasteiger partial charge in [-0.2, -0.15) is 0 Å². The van der Waals surface area contributed by atoms with Crippen molar-refractivity contribution in [1.29, 1.82) is 0 Å². The van der Waals surface area contributed by atoms with Crippen LogP contribution in [0.25, 0.3) is 64.4 Å². The number of furan rings is 1. The minimum Gasteiger partial charge on any atom is -0.456 e. The van der Waals surface area contributed by atoms with Crippen LogP contribution in [-0.2, 0) is 5.41 Å². The number of benzene rings is 10. The highest BCUT2D eigenvalue weighted by atomic mass is 32.1. The summed E-state index contributed by atoms with van der Waals surface area (Å²) in [5.41, 5.74) is 14.1. The van der Waals surface area contributed by atoms with Crippen LogP contribution in [0.1, 0.15) is 22.3 Å². The zero-order valence-electron chi connectivity index (χ0n) is 34.9. The predicted molar refractivity (Wildman–Crippen MR) is 270 cm³/mol. The smallest absolute Gasteiger partial charge is 0.135 e. The Bertz CT molecular complexity index is 3490. The van der Waals surface area contributed by atoms with E-state index in [-0.39, 0.29) is 0 Å². The molecule has 0 saturated heterocycles. The van der Waals surface area contributed by atoms with Gasteiger partial charge >= 0.3 is 0 Å². The third-order valence-electron chi connectivity index (χ3n) is 12.8. The van der Waals surface area contributed by atoms with E-state index in [0.717, 1.165) is 61.3 Å². The summed E-state index contributed by atoms with van der Waals surface area (Å²) in [6.07, 6.45) is 0. The van der Waals surface area contributed by atoms with E-state index >= 15 is 0 Å². The van der Waals surface area contributed by atoms with E-state index in [2.05, 4.69) is 241 Å². The summed E-state index contributed by atoms with van der Waals surface area (Å²) in [6.45, 7) is 0. The Morgan fingerprint density at radius 2 is 0.797 bits per heavy atom. The maximum atomic E-state index is 6.15. The molecule has 0 unspecified atom stereocenters. The molecule has 0 N–H and O–H groups in total. The molecule has 0 saturated carbocycles. The Morgan fingerprint density at radius 1 is 0.297 bits per heavy atom. The van der Waals surface area contributed by atoms with E-state index in [1.54, 1.807) is 0 Å². The minimum atomic E-state index is -0.504. The SMILES string of the molecule is c1ccc(C(c2ccccc2)(c2ccccc2)c2ccc(-c3cccc(N(c4ccc(-c5ccc6oc7ccccc7c6c5)cc4)c4ccc5sc6ccccc6c5c4)c3)cc2)cc1. The molecule has 302 valence electrons. The van der Waals surface area contributed by atoms with Gasteiger partial charge in [0.25, 0.3) is 0 Å². The van der Waals surface area contributed by atoms with Crippen molar-refractivity contribution >= 4 is 70.5 Å². The molecular weight excluding hydrogens is 795 g/mol. The normalized spacial score (nSPS) is 11.8. The van der Waals surface area contributed by atoms with Crippen LogP contribution < -0.4 is 4.90 Å². The van der Waals surface area contributed by atoms with Gasteiger partial charge < -0.3 is 9.32 Å². The molecule has 2 aromatic heterocycles. The van der Waals surface area contributed by atoms with Gasteiger partial charge in [0, 0.05) is 48.0 Å². The largest absolute Gasteiger partial charge is 0.456 e. The standard InChI is InChI=1S/C61H41NOS/c1-4-16-46(17-5-1)61(47-18-6-2-7-19-47,48-20-8-3-9-21-48)49-32-27-42(28-33-49)44-15-14-22-51(39-44)62(52-36-38-60-56(41-52)54-24-11-13-26-59(54)64-60)50-34-29-43(30-35-50)45-31-37-58-55(40-45)53-23-10-12-25-57(53)63-58/h1-41H. The zero-order valence-corrected chi connectivity index (χ0v) is 35.8. The molecule has 0 spiro atoms. The Morgan fingerprint density at radius 3 is 1.48 bits per heavy atom. The first kappa shape index (κ1) is 37.8. The number of thiophene rings is 1. The molecule has 64 heavy (non-hydrogen) atoms. The van der Waals surface area contributed by atoms with Crippen molar-refractivity contribution in [2.45, 2.75) is 5.41 Å². The molecule has 0 radical (unpaired) electrons. The van der Waals surface area contributed by atoms with E-state index in [4.69, 9.17) is 4.42 Å². The molecule has 0 amide bonds. The second kappa shape index (κ2) is 15.7. The van der Waals surface area contributed by atoms with Crippen molar-refractivity contribution in [3.05, 3.63) is 271 Å². The Kier molecular flexibility index (Phi) is 9.28. The summed E-state index contributed by atoms with van der Waals surface area (Å²) in [4.78, 5) is 2.39. The molecule has 0 bridgehead atoms. The molecule has 0 aliphatic heterocycles. The Labute approximate surface area is 376 Å². The van der Waals surface area contributed by atoms with Crippen LogP contribution in [0.15, 0.2) is 253 Å². The number of hydrogen-bond acceptors (Lipinski definition) is 3. The number of rotatable bonds is 9. The third kappa shape index (κ3) is 6.40. The molecule has 0 atom stereocenters. The number of hydrogen-bond donors (Lipinski definition) is 0. The first-order chi connectivity index (χ1) is 31.7. The fourth-order valence-electron chi connectivity index (χ4n) is 9.81. The lowest BCUT2D eigenvalue weighted by molar-refractivity contribution is 0.669. The maximum Gasteiger partial charge on any atom is 0.135 e. The lowest BCUT2D eigenvalue weighted by Gasteiger charge is -2.37. The van der Waals surface area contributed by atoms with Gasteiger partial charge in [-0.25, -0.2) is 0 Å². The Hall–Kier alpha value is -7.98. The number of anilines is 3. The fraction of sp³-hybridized carbons (Fsp3) is 0.0164. The summed E-state index contributed by atoms with van der Waals surface area (Å²) < 4.78 is 8.74. The van der Waals surface area contributed by atoms with Crippen molar-refractivity contribution in [3.63, 3.8) is 0 Å². The molecule has 3 heteroatoms. The first-order valence-electron chi connectivity index (χ1n) is 21.8. The molecule has 2 heterocycles. The summed E-state index contributed by atoms with van der Waals surface area (Å²) in [5, 5.41) is 4.82. The summed E-state index contributed by atoms with van der Waals surface area (Å²) in [5.74, 6) is 0. The van der Waals surface area contributed by atoms with Crippen molar-refractivity contribution in [2.24, 2.45) is 0 Å². The highest BCUT2D eigenvalue weighted by Crippen LogP contribution is 2.46. The van der Waals surface area contributed by atoms with E-state index in [1.807, 2.05) is 23.5 Å². The second-order valence-corrected chi connectivity index (χ2v) is 17.5. The monoisotopic (exact) mass is 835 g/mol. The summed E-state index contributed by atoms with van der Waals surface area (Å²) in [6, 6.07) is 90.3. The molecule has 10 aromatic carbocycles. The molecule has 12 rings (SSSR count). The van der Waals surface area contributed by atoms with Gasteiger partial charge in [-0.05, 0) is 111 Å². The van der Waals surface area contributed by atoms with Gasteiger partial charge in [0.15, 0.2) is 0 Å². The van der Waals surface area contributed by atoms with Gasteiger partial charge in [0.1, 0.15) is 11.2 Å². The van der Waals surface area contributed by atoms with Gasteiger partial charge in [-0.1, -0.05) is 182 Å². The van der Waals surface area contributed by atoms with Gasteiger partial charge in [-0.3, -0.25) is 0 Å². The van der Waals surface area contributed by atoms with Crippen LogP contribution in [0, 0.1) is 0 Å². The van der Waals surface area contributed by atoms with Crippen molar-refractivity contribution < 1.29 is 4.42 Å². The topological polar surface area (TPSA) is 16.4 Å². The van der Waals surface area contributed by atoms with Crippen LogP contribution in [0.5, 0.6) is 0 Å². The van der Waals surface area contributed by atoms with Gasteiger partial charge in [-0.15, -0.1) is 11.3 Å². The first-order valence-corrected chi connectivity index (χ1v) is 22.6. The van der Waals surface area contributed by atoms with E-state index < -0.39 is 5.41 Å². The Balaban J connectivity index is 0.964. The highest BCUT2D eigenvalue weighted by Gasteiger charge is 2.38. The van der Waals surface area contributed by atoms with Crippen LogP contribution in [-0.4, -0.2) is 0 Å². The average Bonchev–Trinajstić information content (AvgIpc) is 3.94. The van der Waals surface area contributed by atoms with Crippen molar-refractivity contribution in [2.75, 3.05) is 4.90 Å². The number of fused-ring (bicyclic) bond motifs is 6. The zero-order chi connectivity index (χ0) is 42.5. The minimum absolute atomic E-state index is 0.504. The van der Waals surface area contributed by atoms with Crippen LogP contribution in [0.4, 0.5) is 17.1 Å². The van der Waals surface area contributed by atoms with E-state index in [0.29, 0.717) is 0 Å². The second-order valence-electron chi connectivity index (χ2n) is 16.4. The van der Waals surface area contributed by atoms with Crippen LogP contribution >= 0.6 is 11.3 Å². The molecule has 0 aliphatic carbocycles. The lowest BCUT2D eigenvalue weighted by Crippen LogP contribution is -2.30. The van der Waals surface area contributed by atoms with Crippen molar-refractivity contribution in [1.82, 2.24) is 0 Å².